The molecule has 1 saturated heterocycles. The lowest BCUT2D eigenvalue weighted by Crippen LogP contribution is -2.44. The number of carbonyl (C=O) groups is 1. The maximum Gasteiger partial charge on any atom is 0.223 e. The van der Waals surface area contributed by atoms with Gasteiger partial charge in [-0.15, -0.1) is 0 Å². The molecule has 1 aliphatic heterocycles. The number of nitrogens with one attached hydrogen (secondary N) is 1. The molecule has 2 unspecified atom stereocenters. The van der Waals surface area contributed by atoms with E-state index in [1.807, 2.05) is 0 Å². The van der Waals surface area contributed by atoms with E-state index in [1.165, 1.54) is 57.8 Å². The SMILES string of the molecule is CC(CC(=O)N(CC1CC1)C1CCCCC1)C1CCCNC1. The summed E-state index contributed by atoms with van der Waals surface area (Å²) in [7, 11) is 0. The molecule has 0 aromatic heterocycles. The largest absolute Gasteiger partial charge is 0.339 e. The summed E-state index contributed by atoms with van der Waals surface area (Å²) in [5, 5.41) is 3.50. The Labute approximate surface area is 136 Å². The first-order valence-electron chi connectivity index (χ1n) is 9.74. The molecule has 0 aromatic carbocycles. The zero-order valence-corrected chi connectivity index (χ0v) is 14.4. The summed E-state index contributed by atoms with van der Waals surface area (Å²) in [5.41, 5.74) is 0. The van der Waals surface area contributed by atoms with Crippen molar-refractivity contribution in [3.8, 4) is 0 Å². The Morgan fingerprint density at radius 1 is 1.09 bits per heavy atom. The molecule has 0 aromatic rings. The third kappa shape index (κ3) is 4.47. The van der Waals surface area contributed by atoms with Crippen LogP contribution in [-0.2, 0) is 4.79 Å². The first kappa shape index (κ1) is 16.3. The quantitative estimate of drug-likeness (QED) is 0.813. The maximum atomic E-state index is 13.0. The smallest absolute Gasteiger partial charge is 0.223 e. The minimum Gasteiger partial charge on any atom is -0.339 e. The molecule has 2 atom stereocenters. The Balaban J connectivity index is 1.55. The summed E-state index contributed by atoms with van der Waals surface area (Å²) >= 11 is 0. The van der Waals surface area contributed by atoms with Gasteiger partial charge in [0.05, 0.1) is 0 Å². The molecule has 3 nitrogen and oxygen atoms in total. The van der Waals surface area contributed by atoms with Crippen molar-refractivity contribution < 1.29 is 4.79 Å². The first-order chi connectivity index (χ1) is 10.7. The molecular weight excluding hydrogens is 272 g/mol. The normalized spacial score (nSPS) is 28.3. The number of hydrogen-bond donors (Lipinski definition) is 1. The van der Waals surface area contributed by atoms with E-state index in [9.17, 15) is 4.79 Å². The Hall–Kier alpha value is -0.570. The van der Waals surface area contributed by atoms with Crippen molar-refractivity contribution in [2.24, 2.45) is 17.8 Å². The van der Waals surface area contributed by atoms with Gasteiger partial charge in [0, 0.05) is 19.0 Å². The van der Waals surface area contributed by atoms with E-state index >= 15 is 0 Å². The second-order valence-corrected chi connectivity index (χ2v) is 8.07. The van der Waals surface area contributed by atoms with E-state index < -0.39 is 0 Å². The first-order valence-corrected chi connectivity index (χ1v) is 9.74. The van der Waals surface area contributed by atoms with Gasteiger partial charge in [-0.25, -0.2) is 0 Å². The van der Waals surface area contributed by atoms with Gasteiger partial charge < -0.3 is 10.2 Å². The molecule has 126 valence electrons. The van der Waals surface area contributed by atoms with Gasteiger partial charge in [0.25, 0.3) is 0 Å². The van der Waals surface area contributed by atoms with Crippen LogP contribution in [0.25, 0.3) is 0 Å². The van der Waals surface area contributed by atoms with Gasteiger partial charge in [0.2, 0.25) is 5.91 Å². The van der Waals surface area contributed by atoms with E-state index in [0.29, 0.717) is 23.8 Å². The lowest BCUT2D eigenvalue weighted by molar-refractivity contribution is -0.135. The Kier molecular flexibility index (Phi) is 5.78. The zero-order valence-electron chi connectivity index (χ0n) is 14.4. The molecule has 22 heavy (non-hydrogen) atoms. The van der Waals surface area contributed by atoms with Gasteiger partial charge in [-0.3, -0.25) is 4.79 Å². The molecule has 2 saturated carbocycles. The monoisotopic (exact) mass is 306 g/mol. The van der Waals surface area contributed by atoms with Crippen LogP contribution in [0.4, 0.5) is 0 Å². The fourth-order valence-corrected chi connectivity index (χ4v) is 4.35. The summed E-state index contributed by atoms with van der Waals surface area (Å²) < 4.78 is 0. The fraction of sp³-hybridized carbons (Fsp3) is 0.947. The summed E-state index contributed by atoms with van der Waals surface area (Å²) in [6, 6.07) is 0.554. The van der Waals surface area contributed by atoms with Gasteiger partial charge in [0.1, 0.15) is 0 Å². The van der Waals surface area contributed by atoms with Gasteiger partial charge >= 0.3 is 0 Å². The topological polar surface area (TPSA) is 32.3 Å². The Morgan fingerprint density at radius 2 is 1.86 bits per heavy atom. The zero-order chi connectivity index (χ0) is 15.4. The van der Waals surface area contributed by atoms with Crippen LogP contribution in [0.5, 0.6) is 0 Å². The van der Waals surface area contributed by atoms with Crippen LogP contribution in [0.1, 0.15) is 71.1 Å². The van der Waals surface area contributed by atoms with Crippen molar-refractivity contribution in [2.45, 2.75) is 77.2 Å². The Morgan fingerprint density at radius 3 is 2.50 bits per heavy atom. The van der Waals surface area contributed by atoms with Gasteiger partial charge in [-0.1, -0.05) is 26.2 Å². The maximum absolute atomic E-state index is 13.0. The van der Waals surface area contributed by atoms with E-state index in [1.54, 1.807) is 0 Å². The molecule has 2 aliphatic carbocycles. The predicted octanol–water partition coefficient (Wildman–Crippen LogP) is 3.58. The van der Waals surface area contributed by atoms with Crippen molar-refractivity contribution in [3.63, 3.8) is 0 Å². The van der Waals surface area contributed by atoms with Crippen LogP contribution in [0.3, 0.4) is 0 Å². The predicted molar refractivity (Wildman–Crippen MR) is 90.7 cm³/mol. The summed E-state index contributed by atoms with van der Waals surface area (Å²) in [6.45, 7) is 5.62. The molecule has 3 aliphatic rings. The van der Waals surface area contributed by atoms with Crippen LogP contribution in [0.15, 0.2) is 0 Å². The van der Waals surface area contributed by atoms with Crippen molar-refractivity contribution in [3.05, 3.63) is 0 Å². The minimum absolute atomic E-state index is 0.455. The second kappa shape index (κ2) is 7.81. The van der Waals surface area contributed by atoms with Crippen LogP contribution < -0.4 is 5.32 Å². The molecule has 0 bridgehead atoms. The number of amides is 1. The molecule has 1 heterocycles. The molecule has 3 heteroatoms. The number of piperidine rings is 1. The van der Waals surface area contributed by atoms with Crippen LogP contribution in [0, 0.1) is 17.8 Å². The number of hydrogen-bond acceptors (Lipinski definition) is 2. The molecule has 1 amide bonds. The summed E-state index contributed by atoms with van der Waals surface area (Å²) in [6.07, 6.45) is 12.5. The van der Waals surface area contributed by atoms with Gasteiger partial charge in [0.15, 0.2) is 0 Å². The summed E-state index contributed by atoms with van der Waals surface area (Å²) in [4.78, 5) is 15.3. The lowest BCUT2D eigenvalue weighted by atomic mass is 9.84. The summed E-state index contributed by atoms with van der Waals surface area (Å²) in [5.74, 6) is 2.51. The van der Waals surface area contributed by atoms with Gasteiger partial charge in [-0.2, -0.15) is 0 Å². The molecule has 0 radical (unpaired) electrons. The number of nitrogens with zero attached hydrogens (tertiary/aromatic N) is 1. The average Bonchev–Trinajstić information content (AvgIpc) is 3.38. The Bertz CT molecular complexity index is 354. The van der Waals surface area contributed by atoms with Crippen molar-refractivity contribution in [1.29, 1.82) is 0 Å². The second-order valence-electron chi connectivity index (χ2n) is 8.07. The highest BCUT2D eigenvalue weighted by Crippen LogP contribution is 2.33. The minimum atomic E-state index is 0.455. The van der Waals surface area contributed by atoms with Crippen LogP contribution in [-0.4, -0.2) is 36.5 Å². The highest BCUT2D eigenvalue weighted by molar-refractivity contribution is 5.77. The fourth-order valence-electron chi connectivity index (χ4n) is 4.35. The van der Waals surface area contributed by atoms with E-state index in [0.717, 1.165) is 32.0 Å². The van der Waals surface area contributed by atoms with Crippen molar-refractivity contribution >= 4 is 5.91 Å². The van der Waals surface area contributed by atoms with Crippen LogP contribution >= 0.6 is 0 Å². The average molecular weight is 306 g/mol. The van der Waals surface area contributed by atoms with E-state index in [-0.39, 0.29) is 0 Å². The standard InChI is InChI=1S/C19H34N2O/c1-15(17-6-5-11-20-13-17)12-19(22)21(14-16-9-10-16)18-7-3-2-4-8-18/h15-18,20H,2-14H2,1H3. The molecule has 3 fully saturated rings. The van der Waals surface area contributed by atoms with Crippen LogP contribution in [0.2, 0.25) is 0 Å². The highest BCUT2D eigenvalue weighted by Gasteiger charge is 2.33. The number of rotatable bonds is 6. The van der Waals surface area contributed by atoms with Crippen molar-refractivity contribution in [1.82, 2.24) is 10.2 Å². The third-order valence-electron chi connectivity index (χ3n) is 6.12. The van der Waals surface area contributed by atoms with Crippen molar-refractivity contribution in [2.75, 3.05) is 19.6 Å². The molecule has 0 spiro atoms. The molecular formula is C19H34N2O. The van der Waals surface area contributed by atoms with E-state index in [4.69, 9.17) is 0 Å². The van der Waals surface area contributed by atoms with Gasteiger partial charge in [-0.05, 0) is 69.4 Å². The number of carbonyl (C=O) groups excluding carboxylic acids is 1. The molecule has 1 N–H and O–H groups in total. The lowest BCUT2D eigenvalue weighted by Gasteiger charge is -2.36. The highest BCUT2D eigenvalue weighted by atomic mass is 16.2. The molecule has 3 rings (SSSR count). The van der Waals surface area contributed by atoms with E-state index in [2.05, 4.69) is 17.1 Å². The third-order valence-corrected chi connectivity index (χ3v) is 6.12.